The van der Waals surface area contributed by atoms with Gasteiger partial charge in [0.1, 0.15) is 5.70 Å². The van der Waals surface area contributed by atoms with Crippen LogP contribution in [0.15, 0.2) is 33.5 Å². The summed E-state index contributed by atoms with van der Waals surface area (Å²) in [5.74, 6) is 0.646. The molecule has 0 spiro atoms. The Hall–Kier alpha value is -1.09. The predicted molar refractivity (Wildman–Crippen MR) is 47.8 cm³/mol. The Kier molecular flexibility index (Phi) is 2.44. The lowest BCUT2D eigenvalue weighted by molar-refractivity contribution is 1.37. The molecule has 11 heavy (non-hydrogen) atoms. The number of aliphatic imine (C=N–C) groups is 2. The van der Waals surface area contributed by atoms with Crippen molar-refractivity contribution in [2.45, 2.75) is 6.92 Å². The summed E-state index contributed by atoms with van der Waals surface area (Å²) in [5.41, 5.74) is 0.673. The van der Waals surface area contributed by atoms with Crippen LogP contribution in [0, 0.1) is 0 Å². The molecule has 1 aliphatic heterocycles. The van der Waals surface area contributed by atoms with Gasteiger partial charge in [0.2, 0.25) is 0 Å². The molecule has 0 radical (unpaired) electrons. The van der Waals surface area contributed by atoms with Crippen molar-refractivity contribution in [1.29, 1.82) is 0 Å². The van der Waals surface area contributed by atoms with E-state index < -0.39 is 0 Å². The van der Waals surface area contributed by atoms with Crippen molar-refractivity contribution in [1.82, 2.24) is 5.32 Å². The fraction of sp³-hybridized carbons (Fsp3) is 0.143. The second-order valence-corrected chi connectivity index (χ2v) is 2.51. The molecule has 0 fully saturated rings. The predicted octanol–water partition coefficient (Wildman–Crippen LogP) is 1.63. The van der Waals surface area contributed by atoms with E-state index in [-0.39, 0.29) is 0 Å². The number of nitrogens with one attached hydrogen (secondary N) is 1. The van der Waals surface area contributed by atoms with Gasteiger partial charge >= 0.3 is 0 Å². The lowest BCUT2D eigenvalue weighted by atomic mass is 10.4. The molecule has 0 saturated carbocycles. The van der Waals surface area contributed by atoms with Gasteiger partial charge in [0, 0.05) is 11.2 Å². The van der Waals surface area contributed by atoms with Gasteiger partial charge in [0.05, 0.1) is 6.34 Å². The molecular weight excluding hydrogens is 162 g/mol. The molecule has 3 nitrogen and oxygen atoms in total. The van der Waals surface area contributed by atoms with E-state index in [0.717, 1.165) is 0 Å². The average molecular weight is 170 g/mol. The Morgan fingerprint density at radius 3 is 3.18 bits per heavy atom. The number of hydrogen-bond donors (Lipinski definition) is 1. The number of hydrogen-bond acceptors (Lipinski definition) is 2. The molecule has 1 heterocycles. The lowest BCUT2D eigenvalue weighted by Gasteiger charge is -1.96. The topological polar surface area (TPSA) is 36.8 Å². The van der Waals surface area contributed by atoms with Gasteiger partial charge in [0.15, 0.2) is 5.84 Å². The minimum absolute atomic E-state index is 0.617. The molecule has 0 aromatic carbocycles. The second kappa shape index (κ2) is 3.34. The van der Waals surface area contributed by atoms with E-state index in [1.807, 2.05) is 0 Å². The molecular formula is C7H8ClN3. The van der Waals surface area contributed by atoms with E-state index in [2.05, 4.69) is 21.9 Å². The van der Waals surface area contributed by atoms with E-state index >= 15 is 0 Å². The van der Waals surface area contributed by atoms with Gasteiger partial charge in [-0.05, 0) is 6.92 Å². The zero-order valence-electron chi connectivity index (χ0n) is 6.13. The molecule has 1 aliphatic rings. The summed E-state index contributed by atoms with van der Waals surface area (Å²) in [6, 6.07) is 0. The zero-order valence-corrected chi connectivity index (χ0v) is 6.89. The van der Waals surface area contributed by atoms with Gasteiger partial charge < -0.3 is 5.32 Å². The fourth-order valence-electron chi connectivity index (χ4n) is 0.729. The number of amidine groups is 1. The second-order valence-electron chi connectivity index (χ2n) is 1.94. The molecule has 0 aromatic heterocycles. The maximum absolute atomic E-state index is 5.73. The van der Waals surface area contributed by atoms with E-state index in [1.165, 1.54) is 6.20 Å². The molecule has 4 heteroatoms. The third-order valence-electron chi connectivity index (χ3n) is 1.17. The van der Waals surface area contributed by atoms with Crippen LogP contribution >= 0.6 is 11.6 Å². The Bertz CT molecular complexity index is 259. The fourth-order valence-corrected chi connectivity index (χ4v) is 0.868. The molecule has 0 aromatic rings. The van der Waals surface area contributed by atoms with Crippen LogP contribution in [0.4, 0.5) is 0 Å². The van der Waals surface area contributed by atoms with Crippen molar-refractivity contribution in [3.05, 3.63) is 23.5 Å². The normalized spacial score (nSPS) is 23.6. The van der Waals surface area contributed by atoms with Crippen LogP contribution in [-0.2, 0) is 0 Å². The van der Waals surface area contributed by atoms with Gasteiger partial charge in [-0.15, -0.1) is 0 Å². The van der Waals surface area contributed by atoms with Crippen molar-refractivity contribution < 1.29 is 0 Å². The Labute approximate surface area is 70.2 Å². The van der Waals surface area contributed by atoms with Crippen LogP contribution in [0.3, 0.4) is 0 Å². The maximum Gasteiger partial charge on any atom is 0.158 e. The first kappa shape index (κ1) is 8.01. The Balaban J connectivity index is 2.98. The standard InChI is InChI=1S/C7H8ClN3/c1-3-9-7-6(5(2)8)10-4-11-7/h3-4H,1H2,2H3,(H,9,10,11)/b6-5-. The van der Waals surface area contributed by atoms with Crippen LogP contribution in [-0.4, -0.2) is 12.2 Å². The maximum atomic E-state index is 5.73. The smallest absolute Gasteiger partial charge is 0.158 e. The minimum Gasteiger partial charge on any atom is -0.329 e. The number of halogens is 1. The first-order valence-corrected chi connectivity index (χ1v) is 3.48. The minimum atomic E-state index is 0.617. The summed E-state index contributed by atoms with van der Waals surface area (Å²) in [7, 11) is 0. The molecule has 0 aliphatic carbocycles. The van der Waals surface area contributed by atoms with Crippen LogP contribution < -0.4 is 5.32 Å². The highest BCUT2D eigenvalue weighted by Crippen LogP contribution is 2.13. The highest BCUT2D eigenvalue weighted by Gasteiger charge is 2.11. The molecule has 58 valence electrons. The van der Waals surface area contributed by atoms with Gasteiger partial charge in [0.25, 0.3) is 0 Å². The van der Waals surface area contributed by atoms with Crippen LogP contribution in [0.1, 0.15) is 6.92 Å². The van der Waals surface area contributed by atoms with Crippen LogP contribution in [0.25, 0.3) is 0 Å². The number of allylic oxidation sites excluding steroid dienone is 1. The van der Waals surface area contributed by atoms with Gasteiger partial charge in [-0.1, -0.05) is 18.2 Å². The monoisotopic (exact) mass is 169 g/mol. The lowest BCUT2D eigenvalue weighted by Crippen LogP contribution is -2.15. The molecule has 0 bridgehead atoms. The quantitative estimate of drug-likeness (QED) is 0.637. The summed E-state index contributed by atoms with van der Waals surface area (Å²) < 4.78 is 0. The highest BCUT2D eigenvalue weighted by atomic mass is 35.5. The number of nitrogens with zero attached hydrogens (tertiary/aromatic N) is 2. The van der Waals surface area contributed by atoms with E-state index in [4.69, 9.17) is 11.6 Å². The van der Waals surface area contributed by atoms with E-state index in [9.17, 15) is 0 Å². The van der Waals surface area contributed by atoms with Crippen molar-refractivity contribution >= 4 is 23.8 Å². The van der Waals surface area contributed by atoms with Crippen molar-refractivity contribution in [2.75, 3.05) is 0 Å². The summed E-state index contributed by atoms with van der Waals surface area (Å²) in [6.45, 7) is 5.23. The Morgan fingerprint density at radius 1 is 1.91 bits per heavy atom. The molecule has 1 N–H and O–H groups in total. The Morgan fingerprint density at radius 2 is 2.64 bits per heavy atom. The molecule has 0 unspecified atom stereocenters. The van der Waals surface area contributed by atoms with Crippen molar-refractivity contribution in [2.24, 2.45) is 9.98 Å². The van der Waals surface area contributed by atoms with E-state index in [0.29, 0.717) is 16.6 Å². The first-order valence-electron chi connectivity index (χ1n) is 3.10. The van der Waals surface area contributed by atoms with Gasteiger partial charge in [-0.3, -0.25) is 0 Å². The van der Waals surface area contributed by atoms with Crippen LogP contribution in [0.5, 0.6) is 0 Å². The third-order valence-corrected chi connectivity index (χ3v) is 1.34. The van der Waals surface area contributed by atoms with Crippen molar-refractivity contribution in [3.63, 3.8) is 0 Å². The summed E-state index contributed by atoms with van der Waals surface area (Å²) in [5, 5.41) is 3.45. The summed E-state index contributed by atoms with van der Waals surface area (Å²) in [6.07, 6.45) is 2.99. The summed E-state index contributed by atoms with van der Waals surface area (Å²) >= 11 is 5.73. The SMILES string of the molecule is C=C/N=C1/NC=N/C1=C(/C)Cl. The molecule has 0 amide bonds. The first-order chi connectivity index (χ1) is 5.25. The summed E-state index contributed by atoms with van der Waals surface area (Å²) in [4.78, 5) is 7.90. The zero-order chi connectivity index (χ0) is 8.27. The number of rotatable bonds is 1. The van der Waals surface area contributed by atoms with Gasteiger partial charge in [-0.2, -0.15) is 0 Å². The van der Waals surface area contributed by atoms with Crippen molar-refractivity contribution in [3.8, 4) is 0 Å². The van der Waals surface area contributed by atoms with E-state index in [1.54, 1.807) is 13.3 Å². The highest BCUT2D eigenvalue weighted by molar-refractivity contribution is 6.32. The third kappa shape index (κ3) is 1.68. The molecule has 1 rings (SSSR count). The van der Waals surface area contributed by atoms with Gasteiger partial charge in [-0.25, -0.2) is 9.98 Å². The average Bonchev–Trinajstić information content (AvgIpc) is 2.36. The molecule has 0 saturated heterocycles. The largest absolute Gasteiger partial charge is 0.329 e. The van der Waals surface area contributed by atoms with Crippen LogP contribution in [0.2, 0.25) is 0 Å². The molecule has 0 atom stereocenters.